The van der Waals surface area contributed by atoms with Gasteiger partial charge in [-0.3, -0.25) is 0 Å². The van der Waals surface area contributed by atoms with Gasteiger partial charge in [0.2, 0.25) is 0 Å². The molecule has 1 atom stereocenters. The van der Waals surface area contributed by atoms with E-state index in [0.29, 0.717) is 18.6 Å². The second-order valence-electron chi connectivity index (χ2n) is 6.27. The Morgan fingerprint density at radius 1 is 1.19 bits per heavy atom. The van der Waals surface area contributed by atoms with Gasteiger partial charge in [-0.1, -0.05) is 39.0 Å². The molecule has 1 unspecified atom stereocenters. The van der Waals surface area contributed by atoms with Crippen LogP contribution >= 0.6 is 0 Å². The third-order valence-electron chi connectivity index (χ3n) is 4.51. The fourth-order valence-electron chi connectivity index (χ4n) is 3.40. The van der Waals surface area contributed by atoms with Crippen molar-refractivity contribution in [3.63, 3.8) is 0 Å². The molecule has 0 aliphatic heterocycles. The molecule has 120 valence electrons. The summed E-state index contributed by atoms with van der Waals surface area (Å²) in [6.45, 7) is 3.84. The van der Waals surface area contributed by atoms with E-state index in [0.717, 1.165) is 24.5 Å². The summed E-state index contributed by atoms with van der Waals surface area (Å²) in [5.74, 6) is 2.74. The molecule has 1 fully saturated rings. The summed E-state index contributed by atoms with van der Waals surface area (Å²) in [6, 6.07) is 4.57. The van der Waals surface area contributed by atoms with Crippen LogP contribution in [0.5, 0.6) is 0 Å². The largest absolute Gasteiger partial charge is 0.462 e. The Morgan fingerprint density at radius 2 is 1.90 bits per heavy atom. The first-order valence-electron chi connectivity index (χ1n) is 8.66. The van der Waals surface area contributed by atoms with Gasteiger partial charge in [0.1, 0.15) is 18.1 Å². The summed E-state index contributed by atoms with van der Waals surface area (Å²) in [5.41, 5.74) is 0. The number of nitrogens with one attached hydrogen (secondary N) is 1. The van der Waals surface area contributed by atoms with Gasteiger partial charge in [0.25, 0.3) is 0 Å². The molecule has 3 heteroatoms. The van der Waals surface area contributed by atoms with E-state index in [-0.39, 0.29) is 0 Å². The molecular formula is C18H31NO2. The van der Waals surface area contributed by atoms with Gasteiger partial charge < -0.3 is 14.5 Å². The van der Waals surface area contributed by atoms with Crippen molar-refractivity contribution in [3.8, 4) is 0 Å². The van der Waals surface area contributed by atoms with E-state index in [9.17, 15) is 0 Å². The van der Waals surface area contributed by atoms with Crippen LogP contribution in [-0.4, -0.2) is 13.7 Å². The van der Waals surface area contributed by atoms with E-state index in [1.165, 1.54) is 44.9 Å². The molecule has 0 saturated heterocycles. The van der Waals surface area contributed by atoms with Crippen molar-refractivity contribution in [1.82, 2.24) is 5.32 Å². The number of furan rings is 1. The molecule has 3 nitrogen and oxygen atoms in total. The molecule has 1 saturated carbocycles. The molecule has 1 aromatic rings. The summed E-state index contributed by atoms with van der Waals surface area (Å²) < 4.78 is 11.2. The highest BCUT2D eigenvalue weighted by Gasteiger charge is 2.25. The zero-order valence-electron chi connectivity index (χ0n) is 13.7. The highest BCUT2D eigenvalue weighted by Crippen LogP contribution is 2.33. The highest BCUT2D eigenvalue weighted by molar-refractivity contribution is 5.11. The maximum atomic E-state index is 6.02. The number of rotatable bonds is 7. The van der Waals surface area contributed by atoms with Crippen LogP contribution in [0.3, 0.4) is 0 Å². The minimum Gasteiger partial charge on any atom is -0.462 e. The van der Waals surface area contributed by atoms with Crippen LogP contribution in [0.2, 0.25) is 0 Å². The number of ether oxygens (including phenoxy) is 1. The second kappa shape index (κ2) is 9.26. The van der Waals surface area contributed by atoms with E-state index < -0.39 is 0 Å². The SMILES string of the molecule is CCCNC(c1ccc(COC)o1)C1CCCCCCC1. The summed E-state index contributed by atoms with van der Waals surface area (Å²) in [7, 11) is 1.71. The minimum absolute atomic E-state index is 0.369. The van der Waals surface area contributed by atoms with Crippen molar-refractivity contribution in [2.75, 3.05) is 13.7 Å². The van der Waals surface area contributed by atoms with E-state index in [1.54, 1.807) is 7.11 Å². The highest BCUT2D eigenvalue weighted by atomic mass is 16.5. The Morgan fingerprint density at radius 3 is 2.57 bits per heavy atom. The normalized spacial score (nSPS) is 19.1. The molecule has 1 heterocycles. The number of methoxy groups -OCH3 is 1. The molecule has 21 heavy (non-hydrogen) atoms. The molecule has 1 aromatic heterocycles. The van der Waals surface area contributed by atoms with Crippen molar-refractivity contribution < 1.29 is 9.15 Å². The van der Waals surface area contributed by atoms with Crippen LogP contribution in [0.4, 0.5) is 0 Å². The van der Waals surface area contributed by atoms with Gasteiger partial charge in [0.15, 0.2) is 0 Å². The van der Waals surface area contributed by atoms with Gasteiger partial charge in [-0.2, -0.15) is 0 Å². The van der Waals surface area contributed by atoms with Crippen LogP contribution in [0.25, 0.3) is 0 Å². The summed E-state index contributed by atoms with van der Waals surface area (Å²) in [4.78, 5) is 0. The fourth-order valence-corrected chi connectivity index (χ4v) is 3.40. The van der Waals surface area contributed by atoms with Crippen molar-refractivity contribution in [2.45, 2.75) is 70.9 Å². The lowest BCUT2D eigenvalue weighted by Crippen LogP contribution is -2.29. The van der Waals surface area contributed by atoms with Gasteiger partial charge in [0, 0.05) is 7.11 Å². The maximum absolute atomic E-state index is 6.02. The first-order chi connectivity index (χ1) is 10.3. The standard InChI is InChI=1S/C18H31NO2/c1-3-13-19-18(15-9-7-5-4-6-8-10-15)17-12-11-16(21-17)14-20-2/h11-12,15,18-19H,3-10,13-14H2,1-2H3. The lowest BCUT2D eigenvalue weighted by molar-refractivity contribution is 0.158. The monoisotopic (exact) mass is 293 g/mol. The quantitative estimate of drug-likeness (QED) is 0.782. The van der Waals surface area contributed by atoms with Crippen LogP contribution in [0, 0.1) is 5.92 Å². The predicted molar refractivity (Wildman–Crippen MR) is 86.3 cm³/mol. The summed E-state index contributed by atoms with van der Waals surface area (Å²) >= 11 is 0. The van der Waals surface area contributed by atoms with Gasteiger partial charge in [-0.05, 0) is 43.9 Å². The molecule has 2 rings (SSSR count). The average Bonchev–Trinajstić information content (AvgIpc) is 2.90. The molecule has 0 spiro atoms. The lowest BCUT2D eigenvalue weighted by atomic mass is 9.85. The van der Waals surface area contributed by atoms with Crippen molar-refractivity contribution in [3.05, 3.63) is 23.7 Å². The first-order valence-corrected chi connectivity index (χ1v) is 8.66. The van der Waals surface area contributed by atoms with Gasteiger partial charge in [0.05, 0.1) is 6.04 Å². The Bertz CT molecular complexity index is 380. The number of hydrogen-bond donors (Lipinski definition) is 1. The van der Waals surface area contributed by atoms with Crippen molar-refractivity contribution in [2.24, 2.45) is 5.92 Å². The van der Waals surface area contributed by atoms with Gasteiger partial charge in [-0.25, -0.2) is 0 Å². The molecule has 0 bridgehead atoms. The van der Waals surface area contributed by atoms with E-state index in [1.807, 2.05) is 0 Å². The number of hydrogen-bond acceptors (Lipinski definition) is 3. The Labute approximate surface area is 129 Å². The third-order valence-corrected chi connectivity index (χ3v) is 4.51. The zero-order valence-corrected chi connectivity index (χ0v) is 13.7. The molecular weight excluding hydrogens is 262 g/mol. The topological polar surface area (TPSA) is 34.4 Å². The van der Waals surface area contributed by atoms with Crippen molar-refractivity contribution >= 4 is 0 Å². The third kappa shape index (κ3) is 5.15. The smallest absolute Gasteiger partial charge is 0.129 e. The molecule has 1 aliphatic rings. The van der Waals surface area contributed by atoms with Crippen LogP contribution < -0.4 is 5.32 Å². The van der Waals surface area contributed by atoms with E-state index in [4.69, 9.17) is 9.15 Å². The Hall–Kier alpha value is -0.800. The Kier molecular flexibility index (Phi) is 7.31. The molecule has 0 radical (unpaired) electrons. The zero-order chi connectivity index (χ0) is 14.9. The molecule has 0 aromatic carbocycles. The van der Waals surface area contributed by atoms with Crippen LogP contribution in [-0.2, 0) is 11.3 Å². The van der Waals surface area contributed by atoms with Crippen molar-refractivity contribution in [1.29, 1.82) is 0 Å². The van der Waals surface area contributed by atoms with Crippen LogP contribution in [0.15, 0.2) is 16.5 Å². The fraction of sp³-hybridized carbons (Fsp3) is 0.778. The molecule has 1 aliphatic carbocycles. The maximum Gasteiger partial charge on any atom is 0.129 e. The van der Waals surface area contributed by atoms with E-state index in [2.05, 4.69) is 24.4 Å². The van der Waals surface area contributed by atoms with E-state index >= 15 is 0 Å². The minimum atomic E-state index is 0.369. The van der Waals surface area contributed by atoms with Gasteiger partial charge in [-0.15, -0.1) is 0 Å². The predicted octanol–water partition coefficient (Wildman–Crippen LogP) is 4.83. The summed E-state index contributed by atoms with van der Waals surface area (Å²) in [6.07, 6.45) is 10.7. The molecule has 0 amide bonds. The molecule has 1 N–H and O–H groups in total. The lowest BCUT2D eigenvalue weighted by Gasteiger charge is -2.28. The first kappa shape index (κ1) is 16.6. The summed E-state index contributed by atoms with van der Waals surface area (Å²) in [5, 5.41) is 3.72. The van der Waals surface area contributed by atoms with Gasteiger partial charge >= 0.3 is 0 Å². The average molecular weight is 293 g/mol. The van der Waals surface area contributed by atoms with Crippen LogP contribution in [0.1, 0.15) is 75.9 Å². The Balaban J connectivity index is 2.06. The second-order valence-corrected chi connectivity index (χ2v) is 6.27.